The highest BCUT2D eigenvalue weighted by Gasteiger charge is 2.10. The molecule has 0 unspecified atom stereocenters. The van der Waals surface area contributed by atoms with E-state index in [9.17, 15) is 9.59 Å². The highest BCUT2D eigenvalue weighted by Crippen LogP contribution is 2.15. The van der Waals surface area contributed by atoms with Gasteiger partial charge in [-0.3, -0.25) is 10.1 Å². The van der Waals surface area contributed by atoms with Crippen molar-refractivity contribution >= 4 is 27.9 Å². The van der Waals surface area contributed by atoms with E-state index in [1.807, 2.05) is 26.0 Å². The van der Waals surface area contributed by atoms with Crippen LogP contribution in [0.2, 0.25) is 0 Å². The smallest absolute Gasteiger partial charge is 0.321 e. The Kier molecular flexibility index (Phi) is 6.35. The number of imide groups is 1. The summed E-state index contributed by atoms with van der Waals surface area (Å²) in [5.74, 6) is 0.0874. The number of amides is 3. The van der Waals surface area contributed by atoms with Crippen molar-refractivity contribution in [2.45, 2.75) is 26.3 Å². The van der Waals surface area contributed by atoms with Crippen LogP contribution in [0.5, 0.6) is 5.75 Å². The molecule has 0 saturated carbocycles. The zero-order valence-electron chi connectivity index (χ0n) is 10.9. The molecule has 0 spiro atoms. The van der Waals surface area contributed by atoms with E-state index >= 15 is 0 Å². The molecular formula is C13H17BrN2O3. The highest BCUT2D eigenvalue weighted by molar-refractivity contribution is 9.10. The lowest BCUT2D eigenvalue weighted by Crippen LogP contribution is -2.44. The van der Waals surface area contributed by atoms with Crippen LogP contribution in [0.15, 0.2) is 28.7 Å². The quantitative estimate of drug-likeness (QED) is 0.872. The summed E-state index contributed by atoms with van der Waals surface area (Å²) in [6, 6.07) is 6.61. The Morgan fingerprint density at radius 1 is 1.32 bits per heavy atom. The number of benzene rings is 1. The molecule has 1 rings (SSSR count). The van der Waals surface area contributed by atoms with E-state index in [1.54, 1.807) is 12.1 Å². The third kappa shape index (κ3) is 6.24. The van der Waals surface area contributed by atoms with E-state index < -0.39 is 11.9 Å². The SMILES string of the molecule is CC[C@@H](C)NC(=O)NC(=O)COc1ccc(Br)cc1. The van der Waals surface area contributed by atoms with Crippen molar-refractivity contribution in [2.24, 2.45) is 0 Å². The summed E-state index contributed by atoms with van der Waals surface area (Å²) in [4.78, 5) is 22.8. The van der Waals surface area contributed by atoms with Crippen molar-refractivity contribution in [1.82, 2.24) is 10.6 Å². The second-order valence-corrected chi connectivity index (χ2v) is 4.99. The third-order valence-electron chi connectivity index (χ3n) is 2.43. The zero-order valence-corrected chi connectivity index (χ0v) is 12.5. The molecule has 0 bridgehead atoms. The van der Waals surface area contributed by atoms with Crippen molar-refractivity contribution in [3.63, 3.8) is 0 Å². The van der Waals surface area contributed by atoms with Gasteiger partial charge in [0.2, 0.25) is 0 Å². The fourth-order valence-corrected chi connectivity index (χ4v) is 1.47. The predicted octanol–water partition coefficient (Wildman–Crippen LogP) is 2.45. The van der Waals surface area contributed by atoms with Gasteiger partial charge in [0, 0.05) is 10.5 Å². The van der Waals surface area contributed by atoms with Crippen LogP contribution in [0.4, 0.5) is 4.79 Å². The molecule has 0 saturated heterocycles. The van der Waals surface area contributed by atoms with E-state index in [0.29, 0.717) is 5.75 Å². The summed E-state index contributed by atoms with van der Waals surface area (Å²) in [5, 5.41) is 4.84. The maximum atomic E-state index is 11.5. The first-order valence-electron chi connectivity index (χ1n) is 6.00. The summed E-state index contributed by atoms with van der Waals surface area (Å²) in [6.45, 7) is 3.61. The topological polar surface area (TPSA) is 67.4 Å². The predicted molar refractivity (Wildman–Crippen MR) is 76.1 cm³/mol. The van der Waals surface area contributed by atoms with Crippen LogP contribution < -0.4 is 15.4 Å². The van der Waals surface area contributed by atoms with Crippen LogP contribution in [0, 0.1) is 0 Å². The van der Waals surface area contributed by atoms with Crippen LogP contribution in [0.25, 0.3) is 0 Å². The first-order valence-corrected chi connectivity index (χ1v) is 6.79. The van der Waals surface area contributed by atoms with Crippen LogP contribution in [-0.4, -0.2) is 24.6 Å². The lowest BCUT2D eigenvalue weighted by molar-refractivity contribution is -0.122. The van der Waals surface area contributed by atoms with Gasteiger partial charge >= 0.3 is 6.03 Å². The first-order chi connectivity index (χ1) is 9.01. The lowest BCUT2D eigenvalue weighted by Gasteiger charge is -2.12. The van der Waals surface area contributed by atoms with Crippen molar-refractivity contribution in [1.29, 1.82) is 0 Å². The Morgan fingerprint density at radius 2 is 1.95 bits per heavy atom. The van der Waals surface area contributed by atoms with Crippen molar-refractivity contribution in [2.75, 3.05) is 6.61 Å². The van der Waals surface area contributed by atoms with E-state index in [2.05, 4.69) is 26.6 Å². The fourth-order valence-electron chi connectivity index (χ4n) is 1.20. The molecule has 3 amide bonds. The molecule has 0 heterocycles. The second kappa shape index (κ2) is 7.78. The van der Waals surface area contributed by atoms with Crippen molar-refractivity contribution < 1.29 is 14.3 Å². The van der Waals surface area contributed by atoms with E-state index in [1.165, 1.54) is 0 Å². The van der Waals surface area contributed by atoms with Gasteiger partial charge in [0.25, 0.3) is 5.91 Å². The van der Waals surface area contributed by atoms with Gasteiger partial charge in [0.1, 0.15) is 5.75 Å². The lowest BCUT2D eigenvalue weighted by atomic mass is 10.3. The average Bonchev–Trinajstić information content (AvgIpc) is 2.37. The van der Waals surface area contributed by atoms with Gasteiger partial charge in [-0.05, 0) is 37.6 Å². The molecule has 5 nitrogen and oxygen atoms in total. The first kappa shape index (κ1) is 15.5. The Morgan fingerprint density at radius 3 is 2.53 bits per heavy atom. The molecule has 19 heavy (non-hydrogen) atoms. The monoisotopic (exact) mass is 328 g/mol. The molecular weight excluding hydrogens is 312 g/mol. The maximum Gasteiger partial charge on any atom is 0.321 e. The fraction of sp³-hybridized carbons (Fsp3) is 0.385. The molecule has 6 heteroatoms. The molecule has 0 aliphatic carbocycles. The molecule has 104 valence electrons. The number of urea groups is 1. The number of rotatable bonds is 5. The highest BCUT2D eigenvalue weighted by atomic mass is 79.9. The van der Waals surface area contributed by atoms with Crippen LogP contribution in [0.3, 0.4) is 0 Å². The van der Waals surface area contributed by atoms with E-state index in [0.717, 1.165) is 10.9 Å². The van der Waals surface area contributed by atoms with Gasteiger partial charge in [0.05, 0.1) is 0 Å². The number of halogens is 1. The van der Waals surface area contributed by atoms with Crippen molar-refractivity contribution in [3.8, 4) is 5.75 Å². The molecule has 0 fully saturated rings. The van der Waals surface area contributed by atoms with E-state index in [4.69, 9.17) is 4.74 Å². The summed E-state index contributed by atoms with van der Waals surface area (Å²) in [6.07, 6.45) is 0.803. The maximum absolute atomic E-state index is 11.5. The number of carbonyl (C=O) groups excluding carboxylic acids is 2. The molecule has 0 aliphatic rings. The number of hydrogen-bond donors (Lipinski definition) is 2. The van der Waals surface area contributed by atoms with Gasteiger partial charge in [-0.1, -0.05) is 22.9 Å². The van der Waals surface area contributed by atoms with Crippen LogP contribution >= 0.6 is 15.9 Å². The van der Waals surface area contributed by atoms with Gasteiger partial charge in [0.15, 0.2) is 6.61 Å². The van der Waals surface area contributed by atoms with Crippen molar-refractivity contribution in [3.05, 3.63) is 28.7 Å². The Bertz CT molecular complexity index is 434. The minimum Gasteiger partial charge on any atom is -0.484 e. The van der Waals surface area contributed by atoms with Gasteiger partial charge < -0.3 is 10.1 Å². The minimum absolute atomic E-state index is 0.0280. The molecule has 1 atom stereocenters. The second-order valence-electron chi connectivity index (χ2n) is 4.07. The average molecular weight is 329 g/mol. The third-order valence-corrected chi connectivity index (χ3v) is 2.96. The molecule has 1 aromatic rings. The number of hydrogen-bond acceptors (Lipinski definition) is 3. The number of nitrogens with one attached hydrogen (secondary N) is 2. The van der Waals surface area contributed by atoms with Gasteiger partial charge in [-0.2, -0.15) is 0 Å². The Labute approximate surface area is 120 Å². The number of ether oxygens (including phenoxy) is 1. The largest absolute Gasteiger partial charge is 0.484 e. The molecule has 1 aromatic carbocycles. The Balaban J connectivity index is 2.31. The standard InChI is InChI=1S/C13H17BrN2O3/c1-3-9(2)15-13(18)16-12(17)8-19-11-6-4-10(14)5-7-11/h4-7,9H,3,8H2,1-2H3,(H2,15,16,17,18)/t9-/m1/s1. The van der Waals surface area contributed by atoms with Crippen LogP contribution in [0.1, 0.15) is 20.3 Å². The molecule has 0 aromatic heterocycles. The van der Waals surface area contributed by atoms with Crippen LogP contribution in [-0.2, 0) is 4.79 Å². The normalized spacial score (nSPS) is 11.5. The summed E-state index contributed by atoms with van der Waals surface area (Å²) < 4.78 is 6.17. The van der Waals surface area contributed by atoms with Gasteiger partial charge in [-0.15, -0.1) is 0 Å². The Hall–Kier alpha value is -1.56. The summed E-state index contributed by atoms with van der Waals surface area (Å²) >= 11 is 3.30. The zero-order chi connectivity index (χ0) is 14.3. The molecule has 0 radical (unpaired) electrons. The number of carbonyl (C=O) groups is 2. The summed E-state index contributed by atoms with van der Waals surface area (Å²) in [7, 11) is 0. The summed E-state index contributed by atoms with van der Waals surface area (Å²) in [5.41, 5.74) is 0. The minimum atomic E-state index is -0.501. The molecule has 0 aliphatic heterocycles. The van der Waals surface area contributed by atoms with E-state index in [-0.39, 0.29) is 12.6 Å². The van der Waals surface area contributed by atoms with Gasteiger partial charge in [-0.25, -0.2) is 4.79 Å². The molecule has 2 N–H and O–H groups in total.